The summed E-state index contributed by atoms with van der Waals surface area (Å²) in [5, 5.41) is 12.1. The van der Waals surface area contributed by atoms with Crippen LogP contribution in [0.2, 0.25) is 0 Å². The summed E-state index contributed by atoms with van der Waals surface area (Å²) in [5.41, 5.74) is 1.70. The molecule has 0 unspecified atom stereocenters. The first-order chi connectivity index (χ1) is 13.0. The minimum absolute atomic E-state index is 0.132. The summed E-state index contributed by atoms with van der Waals surface area (Å²) in [6.45, 7) is 0. The van der Waals surface area contributed by atoms with E-state index >= 15 is 0 Å². The van der Waals surface area contributed by atoms with Crippen LogP contribution in [0.1, 0.15) is 9.67 Å². The third-order valence-corrected chi connectivity index (χ3v) is 6.16. The molecule has 7 nitrogen and oxygen atoms in total. The highest BCUT2D eigenvalue weighted by atomic mass is 32.2. The van der Waals surface area contributed by atoms with Crippen LogP contribution in [0.15, 0.2) is 71.1 Å². The highest BCUT2D eigenvalue weighted by Gasteiger charge is 2.20. The van der Waals surface area contributed by atoms with E-state index in [2.05, 4.69) is 20.2 Å². The lowest BCUT2D eigenvalue weighted by Crippen LogP contribution is -2.17. The molecule has 136 valence electrons. The molecule has 0 spiro atoms. The van der Waals surface area contributed by atoms with Crippen molar-refractivity contribution in [1.29, 1.82) is 0 Å². The topological polar surface area (TPSA) is 104 Å². The third-order valence-electron chi connectivity index (χ3n) is 3.87. The van der Waals surface area contributed by atoms with E-state index in [0.29, 0.717) is 5.69 Å². The van der Waals surface area contributed by atoms with E-state index in [0.717, 1.165) is 22.2 Å². The molecule has 4 aromatic rings. The van der Waals surface area contributed by atoms with Crippen molar-refractivity contribution in [3.63, 3.8) is 0 Å². The van der Waals surface area contributed by atoms with Crippen LogP contribution >= 0.6 is 11.3 Å². The van der Waals surface area contributed by atoms with E-state index in [1.165, 1.54) is 12.1 Å². The van der Waals surface area contributed by atoms with Gasteiger partial charge in [-0.2, -0.15) is 5.10 Å². The molecule has 3 N–H and O–H groups in total. The van der Waals surface area contributed by atoms with Crippen LogP contribution in [-0.2, 0) is 10.0 Å². The lowest BCUT2D eigenvalue weighted by Gasteiger charge is -2.09. The molecule has 2 aromatic carbocycles. The zero-order chi connectivity index (χ0) is 18.9. The van der Waals surface area contributed by atoms with Gasteiger partial charge in [0.2, 0.25) is 0 Å². The Hall–Kier alpha value is -3.17. The first-order valence-electron chi connectivity index (χ1n) is 7.93. The molecule has 0 bridgehead atoms. The number of H-pyrrole nitrogens is 1. The number of rotatable bonds is 5. The van der Waals surface area contributed by atoms with E-state index in [1.807, 2.05) is 6.07 Å². The Balaban J connectivity index is 1.56. The van der Waals surface area contributed by atoms with E-state index in [4.69, 9.17) is 0 Å². The Bertz CT molecular complexity index is 1210. The van der Waals surface area contributed by atoms with Crippen molar-refractivity contribution in [2.75, 3.05) is 10.0 Å². The van der Waals surface area contributed by atoms with E-state index < -0.39 is 15.9 Å². The molecule has 27 heavy (non-hydrogen) atoms. The third kappa shape index (κ3) is 3.55. The van der Waals surface area contributed by atoms with Crippen LogP contribution in [0.3, 0.4) is 0 Å². The van der Waals surface area contributed by atoms with Gasteiger partial charge in [0.25, 0.3) is 15.9 Å². The number of nitrogens with one attached hydrogen (secondary N) is 3. The maximum absolute atomic E-state index is 12.6. The minimum atomic E-state index is -3.77. The summed E-state index contributed by atoms with van der Waals surface area (Å²) in [4.78, 5) is 13.0. The normalized spacial score (nSPS) is 11.4. The Labute approximate surface area is 159 Å². The van der Waals surface area contributed by atoms with Gasteiger partial charge in [-0.1, -0.05) is 18.2 Å². The number of carbonyl (C=O) groups is 1. The number of hydrogen-bond donors (Lipinski definition) is 3. The maximum Gasteiger partial charge on any atom is 0.267 e. The van der Waals surface area contributed by atoms with Crippen molar-refractivity contribution in [3.8, 4) is 0 Å². The molecule has 2 heterocycles. The van der Waals surface area contributed by atoms with Crippen molar-refractivity contribution in [2.45, 2.75) is 4.90 Å². The Morgan fingerprint density at radius 2 is 1.89 bits per heavy atom. The molecule has 0 atom stereocenters. The predicted octanol–water partition coefficient (Wildman–Crippen LogP) is 3.68. The fourth-order valence-corrected chi connectivity index (χ4v) is 4.48. The molecule has 0 aliphatic rings. The number of carbonyl (C=O) groups excluding carboxylic acids is 1. The summed E-state index contributed by atoms with van der Waals surface area (Å²) in [6, 6.07) is 14.9. The van der Waals surface area contributed by atoms with Gasteiger partial charge in [-0.05, 0) is 41.8 Å². The first kappa shape index (κ1) is 17.3. The summed E-state index contributed by atoms with van der Waals surface area (Å²) in [5.74, 6) is -0.390. The smallest absolute Gasteiger partial charge is 0.267 e. The zero-order valence-electron chi connectivity index (χ0n) is 13.8. The second-order valence-electron chi connectivity index (χ2n) is 5.71. The van der Waals surface area contributed by atoms with Gasteiger partial charge in [0.15, 0.2) is 0 Å². The van der Waals surface area contributed by atoms with Crippen LogP contribution in [0.5, 0.6) is 0 Å². The number of sulfonamides is 1. The van der Waals surface area contributed by atoms with Crippen molar-refractivity contribution in [1.82, 2.24) is 10.2 Å². The van der Waals surface area contributed by atoms with Gasteiger partial charge in [-0.3, -0.25) is 14.6 Å². The molecular weight excluding hydrogens is 384 g/mol. The molecule has 0 radical (unpaired) electrons. The van der Waals surface area contributed by atoms with Crippen LogP contribution < -0.4 is 10.0 Å². The van der Waals surface area contributed by atoms with Gasteiger partial charge in [0, 0.05) is 11.1 Å². The molecular formula is C18H14N4O3S2. The van der Waals surface area contributed by atoms with Crippen LogP contribution in [0.25, 0.3) is 10.9 Å². The summed E-state index contributed by atoms with van der Waals surface area (Å²) in [7, 11) is -3.77. The molecule has 4 rings (SSSR count). The quantitative estimate of drug-likeness (QED) is 0.477. The first-order valence-corrected chi connectivity index (χ1v) is 10.3. The predicted molar refractivity (Wildman–Crippen MR) is 106 cm³/mol. The largest absolute Gasteiger partial charge is 0.321 e. The molecule has 0 aliphatic heterocycles. The summed E-state index contributed by atoms with van der Waals surface area (Å²) in [6.07, 6.45) is 1.66. The average Bonchev–Trinajstić information content (AvgIpc) is 3.31. The number of benzene rings is 2. The number of aromatic nitrogens is 2. The Morgan fingerprint density at radius 1 is 1.07 bits per heavy atom. The average molecular weight is 398 g/mol. The van der Waals surface area contributed by atoms with Crippen molar-refractivity contribution >= 4 is 49.5 Å². The fourth-order valence-electron chi connectivity index (χ4n) is 2.58. The second-order valence-corrected chi connectivity index (χ2v) is 8.31. The number of thiophene rings is 1. The van der Waals surface area contributed by atoms with Crippen molar-refractivity contribution in [3.05, 3.63) is 71.1 Å². The van der Waals surface area contributed by atoms with E-state index in [9.17, 15) is 13.2 Å². The molecule has 2 aromatic heterocycles. The number of nitrogens with zero attached hydrogens (tertiary/aromatic N) is 1. The lowest BCUT2D eigenvalue weighted by atomic mass is 10.2. The number of hydrogen-bond acceptors (Lipinski definition) is 5. The summed E-state index contributed by atoms with van der Waals surface area (Å²) >= 11 is 1.16. The fraction of sp³-hybridized carbons (Fsp3) is 0. The monoisotopic (exact) mass is 398 g/mol. The molecule has 0 saturated carbocycles. The number of fused-ring (bicyclic) bond motifs is 1. The standard InChI is InChI=1S/C18H14N4O3S2/c23-18(20-13-6-7-15-12(10-13)11-19-21-15)17-16(8-9-26-17)22-27(24,25)14-4-2-1-3-5-14/h1-11,22H,(H,19,21)(H,20,23). The molecule has 1 amide bonds. The van der Waals surface area contributed by atoms with E-state index in [-0.39, 0.29) is 15.5 Å². The molecule has 0 aliphatic carbocycles. The van der Waals surface area contributed by atoms with Gasteiger partial charge in [-0.15, -0.1) is 11.3 Å². The highest BCUT2D eigenvalue weighted by molar-refractivity contribution is 7.92. The lowest BCUT2D eigenvalue weighted by molar-refractivity contribution is 0.103. The minimum Gasteiger partial charge on any atom is -0.321 e. The van der Waals surface area contributed by atoms with Gasteiger partial charge >= 0.3 is 0 Å². The highest BCUT2D eigenvalue weighted by Crippen LogP contribution is 2.27. The van der Waals surface area contributed by atoms with Crippen molar-refractivity contribution in [2.24, 2.45) is 0 Å². The SMILES string of the molecule is O=C(Nc1ccc2[nH]ncc2c1)c1sccc1NS(=O)(=O)c1ccccc1. The van der Waals surface area contributed by atoms with Crippen LogP contribution in [-0.4, -0.2) is 24.5 Å². The summed E-state index contributed by atoms with van der Waals surface area (Å²) < 4.78 is 27.5. The van der Waals surface area contributed by atoms with Gasteiger partial charge in [-0.25, -0.2) is 8.42 Å². The molecule has 9 heteroatoms. The van der Waals surface area contributed by atoms with E-state index in [1.54, 1.807) is 48.0 Å². The van der Waals surface area contributed by atoms with Crippen LogP contribution in [0, 0.1) is 0 Å². The number of aromatic amines is 1. The second kappa shape index (κ2) is 6.86. The van der Waals surface area contributed by atoms with Gasteiger partial charge < -0.3 is 5.32 Å². The Kier molecular flexibility index (Phi) is 4.38. The van der Waals surface area contributed by atoms with Gasteiger partial charge in [0.05, 0.1) is 22.3 Å². The maximum atomic E-state index is 12.6. The van der Waals surface area contributed by atoms with Crippen molar-refractivity contribution < 1.29 is 13.2 Å². The molecule has 0 saturated heterocycles. The molecule has 0 fully saturated rings. The Morgan fingerprint density at radius 3 is 2.70 bits per heavy atom. The number of amides is 1. The zero-order valence-corrected chi connectivity index (χ0v) is 15.5. The number of anilines is 2. The van der Waals surface area contributed by atoms with Gasteiger partial charge in [0.1, 0.15) is 4.88 Å². The van der Waals surface area contributed by atoms with Crippen LogP contribution in [0.4, 0.5) is 11.4 Å².